The Kier molecular flexibility index (Phi) is 7.02. The van der Waals surface area contributed by atoms with E-state index in [9.17, 15) is 4.79 Å². The minimum Gasteiger partial charge on any atom is -0.491 e. The molecule has 134 valence electrons. The molecular formula is C18H28N2O4. The van der Waals surface area contributed by atoms with Gasteiger partial charge in [0.25, 0.3) is 5.91 Å². The van der Waals surface area contributed by atoms with Crippen LogP contribution in [0, 0.1) is 0 Å². The molecule has 24 heavy (non-hydrogen) atoms. The maximum atomic E-state index is 12.5. The van der Waals surface area contributed by atoms with Gasteiger partial charge in [-0.05, 0) is 32.0 Å². The fraction of sp³-hybridized carbons (Fsp3) is 0.611. The van der Waals surface area contributed by atoms with Gasteiger partial charge in [-0.25, -0.2) is 0 Å². The summed E-state index contributed by atoms with van der Waals surface area (Å²) < 4.78 is 15.9. The van der Waals surface area contributed by atoms with Crippen molar-refractivity contribution in [2.75, 3.05) is 53.2 Å². The van der Waals surface area contributed by atoms with Gasteiger partial charge in [0.1, 0.15) is 12.4 Å². The van der Waals surface area contributed by atoms with Crippen molar-refractivity contribution in [1.29, 1.82) is 0 Å². The molecule has 0 aliphatic carbocycles. The molecule has 1 aromatic rings. The quantitative estimate of drug-likeness (QED) is 0.730. The van der Waals surface area contributed by atoms with Crippen LogP contribution < -0.4 is 10.1 Å². The van der Waals surface area contributed by atoms with Crippen LogP contribution in [0.2, 0.25) is 0 Å². The first-order valence-corrected chi connectivity index (χ1v) is 8.34. The summed E-state index contributed by atoms with van der Waals surface area (Å²) in [6.07, 6.45) is 0. The Hall–Kier alpha value is -1.63. The molecule has 1 saturated heterocycles. The van der Waals surface area contributed by atoms with Crippen molar-refractivity contribution in [2.45, 2.75) is 19.4 Å². The second kappa shape index (κ2) is 9.01. The smallest absolute Gasteiger partial charge is 0.251 e. The number of amides is 1. The van der Waals surface area contributed by atoms with Crippen molar-refractivity contribution in [3.05, 3.63) is 29.8 Å². The molecule has 0 atom stereocenters. The number of carbonyl (C=O) groups is 1. The van der Waals surface area contributed by atoms with Crippen LogP contribution in [0.4, 0.5) is 0 Å². The third-order valence-electron chi connectivity index (χ3n) is 3.83. The predicted molar refractivity (Wildman–Crippen MR) is 92.6 cm³/mol. The number of methoxy groups -OCH3 is 1. The zero-order chi connectivity index (χ0) is 17.4. The van der Waals surface area contributed by atoms with Crippen molar-refractivity contribution in [3.63, 3.8) is 0 Å². The van der Waals surface area contributed by atoms with Gasteiger partial charge in [0.15, 0.2) is 0 Å². The highest BCUT2D eigenvalue weighted by Gasteiger charge is 2.25. The first-order valence-electron chi connectivity index (χ1n) is 8.34. The first kappa shape index (κ1) is 18.7. The summed E-state index contributed by atoms with van der Waals surface area (Å²) in [7, 11) is 1.63. The number of carbonyl (C=O) groups excluding carboxylic acids is 1. The van der Waals surface area contributed by atoms with Crippen LogP contribution in [0.15, 0.2) is 24.3 Å². The van der Waals surface area contributed by atoms with Crippen LogP contribution in [0.3, 0.4) is 0 Å². The Morgan fingerprint density at radius 2 is 2.04 bits per heavy atom. The molecule has 0 unspecified atom stereocenters. The summed E-state index contributed by atoms with van der Waals surface area (Å²) in [5.41, 5.74) is 0.279. The Morgan fingerprint density at radius 1 is 1.29 bits per heavy atom. The Bertz CT molecular complexity index is 528. The number of benzene rings is 1. The van der Waals surface area contributed by atoms with E-state index in [0.717, 1.165) is 32.8 Å². The third-order valence-corrected chi connectivity index (χ3v) is 3.83. The number of hydrogen-bond acceptors (Lipinski definition) is 5. The van der Waals surface area contributed by atoms with Gasteiger partial charge in [0, 0.05) is 37.8 Å². The largest absolute Gasteiger partial charge is 0.491 e. The van der Waals surface area contributed by atoms with E-state index in [0.29, 0.717) is 24.5 Å². The molecule has 1 heterocycles. The van der Waals surface area contributed by atoms with Crippen molar-refractivity contribution < 1.29 is 19.0 Å². The van der Waals surface area contributed by atoms with Gasteiger partial charge in [-0.1, -0.05) is 6.07 Å². The van der Waals surface area contributed by atoms with Gasteiger partial charge in [0.2, 0.25) is 0 Å². The van der Waals surface area contributed by atoms with E-state index in [1.807, 2.05) is 26.0 Å². The number of nitrogens with one attached hydrogen (secondary N) is 1. The molecule has 1 aliphatic rings. The normalized spacial score (nSPS) is 16.0. The first-order chi connectivity index (χ1) is 11.5. The molecule has 1 aliphatic heterocycles. The molecule has 1 aromatic carbocycles. The minimum absolute atomic E-state index is 0.0922. The van der Waals surface area contributed by atoms with Gasteiger partial charge in [0.05, 0.1) is 19.8 Å². The van der Waals surface area contributed by atoms with Gasteiger partial charge >= 0.3 is 0 Å². The molecule has 0 aromatic heterocycles. The van der Waals surface area contributed by atoms with Crippen LogP contribution in [0.1, 0.15) is 24.2 Å². The van der Waals surface area contributed by atoms with E-state index < -0.39 is 0 Å². The second-order valence-corrected chi connectivity index (χ2v) is 6.60. The lowest BCUT2D eigenvalue weighted by atomic mass is 10.0. The van der Waals surface area contributed by atoms with Crippen LogP contribution in [-0.2, 0) is 9.47 Å². The van der Waals surface area contributed by atoms with Crippen LogP contribution in [0.5, 0.6) is 5.75 Å². The zero-order valence-corrected chi connectivity index (χ0v) is 14.8. The summed E-state index contributed by atoms with van der Waals surface area (Å²) in [5, 5.41) is 3.11. The fourth-order valence-corrected chi connectivity index (χ4v) is 2.71. The highest BCUT2D eigenvalue weighted by atomic mass is 16.5. The summed E-state index contributed by atoms with van der Waals surface area (Å²) in [6, 6.07) is 7.22. The number of hydrogen-bond donors (Lipinski definition) is 1. The van der Waals surface area contributed by atoms with E-state index in [2.05, 4.69) is 10.2 Å². The molecule has 1 fully saturated rings. The highest BCUT2D eigenvalue weighted by molar-refractivity contribution is 5.95. The molecule has 1 amide bonds. The molecule has 0 radical (unpaired) electrons. The number of rotatable bonds is 8. The average molecular weight is 336 g/mol. The maximum absolute atomic E-state index is 12.5. The van der Waals surface area contributed by atoms with Gasteiger partial charge < -0.3 is 19.5 Å². The molecule has 0 saturated carbocycles. The SMILES string of the molecule is COCCOc1cccc(C(=O)NC(C)(C)CN2CCOCC2)c1. The Balaban J connectivity index is 1.91. The lowest BCUT2D eigenvalue weighted by Crippen LogP contribution is -2.53. The monoisotopic (exact) mass is 336 g/mol. The van der Waals surface area contributed by atoms with Gasteiger partial charge in [-0.2, -0.15) is 0 Å². The van der Waals surface area contributed by atoms with Gasteiger partial charge in [-0.3, -0.25) is 9.69 Å². The van der Waals surface area contributed by atoms with Crippen LogP contribution in [0.25, 0.3) is 0 Å². The van der Waals surface area contributed by atoms with E-state index in [4.69, 9.17) is 14.2 Å². The summed E-state index contributed by atoms with van der Waals surface area (Å²) in [6.45, 7) is 9.18. The zero-order valence-electron chi connectivity index (χ0n) is 14.8. The van der Waals surface area contributed by atoms with E-state index in [-0.39, 0.29) is 11.4 Å². The minimum atomic E-state index is -0.318. The number of nitrogens with zero attached hydrogens (tertiary/aromatic N) is 1. The van der Waals surface area contributed by atoms with Crippen LogP contribution >= 0.6 is 0 Å². The third kappa shape index (κ3) is 6.11. The lowest BCUT2D eigenvalue weighted by Gasteiger charge is -2.35. The maximum Gasteiger partial charge on any atom is 0.251 e. The van der Waals surface area contributed by atoms with E-state index >= 15 is 0 Å². The average Bonchev–Trinajstić information content (AvgIpc) is 2.55. The fourth-order valence-electron chi connectivity index (χ4n) is 2.71. The van der Waals surface area contributed by atoms with Crippen molar-refractivity contribution in [2.24, 2.45) is 0 Å². The Labute approximate surface area is 144 Å². The van der Waals surface area contributed by atoms with Crippen molar-refractivity contribution >= 4 is 5.91 Å². The van der Waals surface area contributed by atoms with E-state index in [1.165, 1.54) is 0 Å². The van der Waals surface area contributed by atoms with Gasteiger partial charge in [-0.15, -0.1) is 0 Å². The molecule has 6 heteroatoms. The predicted octanol–water partition coefficient (Wildman–Crippen LogP) is 1.55. The number of ether oxygens (including phenoxy) is 3. The van der Waals surface area contributed by atoms with E-state index in [1.54, 1.807) is 19.2 Å². The summed E-state index contributed by atoms with van der Waals surface area (Å²) in [5.74, 6) is 0.580. The molecule has 0 spiro atoms. The topological polar surface area (TPSA) is 60.0 Å². The molecule has 0 bridgehead atoms. The van der Waals surface area contributed by atoms with Crippen molar-refractivity contribution in [1.82, 2.24) is 10.2 Å². The molecule has 1 N–H and O–H groups in total. The summed E-state index contributed by atoms with van der Waals surface area (Å²) in [4.78, 5) is 14.9. The van der Waals surface area contributed by atoms with Crippen LogP contribution in [-0.4, -0.2) is 69.5 Å². The second-order valence-electron chi connectivity index (χ2n) is 6.60. The van der Waals surface area contributed by atoms with Crippen molar-refractivity contribution in [3.8, 4) is 5.75 Å². The molecular weight excluding hydrogens is 308 g/mol. The highest BCUT2D eigenvalue weighted by Crippen LogP contribution is 2.15. The standard InChI is InChI=1S/C18H28N2O4/c1-18(2,14-20-7-9-23-10-8-20)19-17(21)15-5-4-6-16(13-15)24-12-11-22-3/h4-6,13H,7-12,14H2,1-3H3,(H,19,21). The number of morpholine rings is 1. The Morgan fingerprint density at radius 3 is 2.75 bits per heavy atom. The lowest BCUT2D eigenvalue weighted by molar-refractivity contribution is 0.0269. The molecule has 2 rings (SSSR count). The summed E-state index contributed by atoms with van der Waals surface area (Å²) >= 11 is 0. The molecule has 6 nitrogen and oxygen atoms in total.